The number of nitrogens with two attached hydrogens (primary N) is 1. The molecule has 0 fully saturated rings. The molecule has 0 aromatic heterocycles. The minimum Gasteiger partial charge on any atom is -0.492 e. The highest BCUT2D eigenvalue weighted by molar-refractivity contribution is 6.03. The van der Waals surface area contributed by atoms with E-state index in [0.717, 1.165) is 24.1 Å². The van der Waals surface area contributed by atoms with Crippen molar-refractivity contribution in [3.8, 4) is 34.5 Å². The summed E-state index contributed by atoms with van der Waals surface area (Å²) in [5.41, 5.74) is 9.43. The summed E-state index contributed by atoms with van der Waals surface area (Å²) in [4.78, 5) is 15.5. The first-order valence-corrected chi connectivity index (χ1v) is 12.2. The van der Waals surface area contributed by atoms with E-state index in [0.29, 0.717) is 54.1 Å². The summed E-state index contributed by atoms with van der Waals surface area (Å²) >= 11 is 0. The third kappa shape index (κ3) is 3.54. The number of nitrogen functional groups attached to an aromatic ring is 1. The molecule has 0 aliphatic carbocycles. The van der Waals surface area contributed by atoms with Gasteiger partial charge in [-0.25, -0.2) is 4.79 Å². The highest BCUT2D eigenvalue weighted by Gasteiger charge is 2.49. The highest BCUT2D eigenvalue weighted by Crippen LogP contribution is 2.59. The van der Waals surface area contributed by atoms with E-state index in [1.165, 1.54) is 0 Å². The second-order valence-electron chi connectivity index (χ2n) is 8.71. The number of nitrogens with zero attached hydrogens (tertiary/aromatic N) is 1. The lowest BCUT2D eigenvalue weighted by Gasteiger charge is -2.38. The number of rotatable bonds is 8. The van der Waals surface area contributed by atoms with Gasteiger partial charge in [0.1, 0.15) is 0 Å². The summed E-state index contributed by atoms with van der Waals surface area (Å²) in [5.74, 6) is 2.31. The Hall–Kier alpha value is -3.53. The standard InChI is InChI=1S/C26H32N2O8/c1-6-31-23-17-16(18(27)24(32-7-2)25(23)33-8-3)26(29)36-21(17)19-15-13(9-10-28(19)4)11-14-20(22(15)30-5)35-12-34-14/h11,19,21H,6-10,12,27H2,1-5H3/t19-,21?/m0/s1. The van der Waals surface area contributed by atoms with Gasteiger partial charge in [0.15, 0.2) is 29.1 Å². The van der Waals surface area contributed by atoms with Gasteiger partial charge in [-0.1, -0.05) is 0 Å². The summed E-state index contributed by atoms with van der Waals surface area (Å²) in [7, 11) is 3.59. The van der Waals surface area contributed by atoms with Crippen molar-refractivity contribution in [1.82, 2.24) is 4.90 Å². The Morgan fingerprint density at radius 3 is 2.39 bits per heavy atom. The molecule has 0 saturated heterocycles. The lowest BCUT2D eigenvalue weighted by molar-refractivity contribution is 0.00816. The molecule has 0 bridgehead atoms. The van der Waals surface area contributed by atoms with Crippen LogP contribution in [-0.2, 0) is 11.2 Å². The van der Waals surface area contributed by atoms with Crippen LogP contribution in [0.25, 0.3) is 0 Å². The molecule has 2 aromatic rings. The SMILES string of the molecule is CCOc1c(N)c2c(c(OCC)c1OCC)C([C@@H]1c3c(cc4c(c3OC)OCO4)CCN1C)OC2=O. The third-order valence-electron chi connectivity index (χ3n) is 6.77. The number of benzene rings is 2. The summed E-state index contributed by atoms with van der Waals surface area (Å²) in [6.07, 6.45) is 0.0427. The zero-order valence-corrected chi connectivity index (χ0v) is 21.3. The van der Waals surface area contributed by atoms with Gasteiger partial charge in [0.2, 0.25) is 18.3 Å². The molecule has 0 amide bonds. The second-order valence-corrected chi connectivity index (χ2v) is 8.71. The van der Waals surface area contributed by atoms with E-state index >= 15 is 0 Å². The van der Waals surface area contributed by atoms with Crippen molar-refractivity contribution in [3.05, 3.63) is 28.3 Å². The van der Waals surface area contributed by atoms with Crippen LogP contribution < -0.4 is 34.2 Å². The maximum absolute atomic E-state index is 13.3. The van der Waals surface area contributed by atoms with Crippen LogP contribution >= 0.6 is 0 Å². The van der Waals surface area contributed by atoms with Gasteiger partial charge in [0.25, 0.3) is 0 Å². The number of anilines is 1. The molecule has 0 radical (unpaired) electrons. The van der Waals surface area contributed by atoms with Gasteiger partial charge in [-0.3, -0.25) is 4.90 Å². The fourth-order valence-electron chi connectivity index (χ4n) is 5.37. The normalized spacial score (nSPS) is 20.0. The predicted molar refractivity (Wildman–Crippen MR) is 131 cm³/mol. The largest absolute Gasteiger partial charge is 0.492 e. The average Bonchev–Trinajstić information content (AvgIpc) is 3.46. The van der Waals surface area contributed by atoms with Gasteiger partial charge < -0.3 is 38.9 Å². The minimum atomic E-state index is -0.732. The number of ether oxygens (including phenoxy) is 7. The van der Waals surface area contributed by atoms with Crippen LogP contribution in [0.3, 0.4) is 0 Å². The van der Waals surface area contributed by atoms with E-state index in [2.05, 4.69) is 4.90 Å². The van der Waals surface area contributed by atoms with Crippen LogP contribution in [0.15, 0.2) is 6.07 Å². The van der Waals surface area contributed by atoms with Gasteiger partial charge in [0.05, 0.1) is 49.8 Å². The fraction of sp³-hybridized carbons (Fsp3) is 0.500. The van der Waals surface area contributed by atoms with Gasteiger partial charge in [-0.05, 0) is 45.9 Å². The van der Waals surface area contributed by atoms with Crippen LogP contribution in [0.1, 0.15) is 60.0 Å². The molecule has 3 aliphatic heterocycles. The number of likely N-dealkylation sites (N-methyl/N-ethyl adjacent to an activating group) is 1. The van der Waals surface area contributed by atoms with E-state index in [1.807, 2.05) is 33.9 Å². The van der Waals surface area contributed by atoms with Crippen molar-refractivity contribution < 1.29 is 38.0 Å². The molecule has 2 atom stereocenters. The van der Waals surface area contributed by atoms with Crippen LogP contribution in [0.4, 0.5) is 5.69 Å². The molecule has 36 heavy (non-hydrogen) atoms. The molecule has 1 unspecified atom stereocenters. The number of fused-ring (bicyclic) bond motifs is 3. The molecular weight excluding hydrogens is 468 g/mol. The number of cyclic esters (lactones) is 1. The number of esters is 1. The molecule has 10 nitrogen and oxygen atoms in total. The van der Waals surface area contributed by atoms with Gasteiger partial charge in [-0.2, -0.15) is 0 Å². The molecular formula is C26H32N2O8. The monoisotopic (exact) mass is 500 g/mol. The minimum absolute atomic E-state index is 0.124. The van der Waals surface area contributed by atoms with Gasteiger partial charge >= 0.3 is 5.97 Å². The first kappa shape index (κ1) is 24.2. The number of carbonyl (C=O) groups is 1. The lowest BCUT2D eigenvalue weighted by atomic mass is 9.85. The fourth-order valence-corrected chi connectivity index (χ4v) is 5.37. The molecule has 2 N–H and O–H groups in total. The van der Waals surface area contributed by atoms with Crippen LogP contribution in [0.2, 0.25) is 0 Å². The van der Waals surface area contributed by atoms with Gasteiger partial charge in [-0.15, -0.1) is 0 Å². The summed E-state index contributed by atoms with van der Waals surface area (Å²) < 4.78 is 41.2. The molecule has 5 rings (SSSR count). The highest BCUT2D eigenvalue weighted by atomic mass is 16.7. The van der Waals surface area contributed by atoms with Crippen molar-refractivity contribution in [2.24, 2.45) is 0 Å². The quantitative estimate of drug-likeness (QED) is 0.426. The Morgan fingerprint density at radius 2 is 1.69 bits per heavy atom. The zero-order chi connectivity index (χ0) is 25.6. The first-order chi connectivity index (χ1) is 17.5. The summed E-state index contributed by atoms with van der Waals surface area (Å²) in [6, 6.07) is 1.59. The molecule has 2 aromatic carbocycles. The van der Waals surface area contributed by atoms with Gasteiger partial charge in [0, 0.05) is 12.1 Å². The Morgan fingerprint density at radius 1 is 1.00 bits per heavy atom. The van der Waals surface area contributed by atoms with E-state index in [-0.39, 0.29) is 23.8 Å². The van der Waals surface area contributed by atoms with Crippen molar-refractivity contribution in [1.29, 1.82) is 0 Å². The molecule has 0 spiro atoms. The first-order valence-electron chi connectivity index (χ1n) is 12.2. The van der Waals surface area contributed by atoms with Crippen LogP contribution in [0.5, 0.6) is 34.5 Å². The third-order valence-corrected chi connectivity index (χ3v) is 6.77. The van der Waals surface area contributed by atoms with Crippen molar-refractivity contribution in [3.63, 3.8) is 0 Å². The van der Waals surface area contributed by atoms with Crippen molar-refractivity contribution in [2.75, 3.05) is 53.0 Å². The molecule has 10 heteroatoms. The maximum atomic E-state index is 13.3. The zero-order valence-electron chi connectivity index (χ0n) is 21.3. The van der Waals surface area contributed by atoms with Crippen LogP contribution in [-0.4, -0.2) is 58.2 Å². The molecule has 0 saturated carbocycles. The summed E-state index contributed by atoms with van der Waals surface area (Å²) in [6.45, 7) is 7.50. The average molecular weight is 501 g/mol. The molecule has 3 aliphatic rings. The van der Waals surface area contributed by atoms with Crippen molar-refractivity contribution in [2.45, 2.75) is 39.3 Å². The Balaban J connectivity index is 1.76. The lowest BCUT2D eigenvalue weighted by Crippen LogP contribution is -2.36. The van der Waals surface area contributed by atoms with E-state index < -0.39 is 18.1 Å². The summed E-state index contributed by atoms with van der Waals surface area (Å²) in [5, 5.41) is 0. The molecule has 194 valence electrons. The Labute approximate surface area is 210 Å². The molecule has 3 heterocycles. The smallest absolute Gasteiger partial charge is 0.341 e. The second kappa shape index (κ2) is 9.50. The predicted octanol–water partition coefficient (Wildman–Crippen LogP) is 3.64. The number of methoxy groups -OCH3 is 1. The van der Waals surface area contributed by atoms with E-state index in [9.17, 15) is 4.79 Å². The number of hydrogen-bond donors (Lipinski definition) is 1. The number of hydrogen-bond acceptors (Lipinski definition) is 10. The van der Waals surface area contributed by atoms with Crippen LogP contribution in [0, 0.1) is 0 Å². The number of carbonyl (C=O) groups excluding carboxylic acids is 1. The maximum Gasteiger partial charge on any atom is 0.341 e. The van der Waals surface area contributed by atoms with E-state index in [1.54, 1.807) is 7.11 Å². The van der Waals surface area contributed by atoms with E-state index in [4.69, 9.17) is 38.9 Å². The topological polar surface area (TPSA) is 111 Å². The Kier molecular flexibility index (Phi) is 6.38. The van der Waals surface area contributed by atoms with Crippen molar-refractivity contribution >= 4 is 11.7 Å². The Bertz CT molecular complexity index is 1200.